The highest BCUT2D eigenvalue weighted by molar-refractivity contribution is 5.89. The molecule has 0 aliphatic carbocycles. The molecule has 0 unspecified atom stereocenters. The van der Waals surface area contributed by atoms with Crippen molar-refractivity contribution in [2.75, 3.05) is 33.0 Å². The van der Waals surface area contributed by atoms with E-state index >= 15 is 0 Å². The molecule has 0 amide bonds. The minimum Gasteiger partial charge on any atom is -0.488 e. The molecule has 0 radical (unpaired) electrons. The van der Waals surface area contributed by atoms with Gasteiger partial charge in [-0.25, -0.2) is 9.80 Å². The molecule has 1 saturated heterocycles. The van der Waals surface area contributed by atoms with Gasteiger partial charge >= 0.3 is 17.9 Å². The summed E-state index contributed by atoms with van der Waals surface area (Å²) in [6.07, 6.45) is -2.35. The van der Waals surface area contributed by atoms with Gasteiger partial charge in [-0.3, -0.25) is 5.01 Å². The van der Waals surface area contributed by atoms with Crippen LogP contribution in [0.3, 0.4) is 0 Å². The van der Waals surface area contributed by atoms with Crippen molar-refractivity contribution in [1.82, 2.24) is 10.0 Å². The van der Waals surface area contributed by atoms with Crippen LogP contribution in [-0.2, 0) is 25.5 Å². The molecule has 7 nitrogen and oxygen atoms in total. The van der Waals surface area contributed by atoms with Gasteiger partial charge in [-0.05, 0) is 24.6 Å². The van der Waals surface area contributed by atoms with E-state index in [1.165, 1.54) is 0 Å². The first-order chi connectivity index (χ1) is 15.3. The Kier molecular flexibility index (Phi) is 7.53. The minimum absolute atomic E-state index is 0.142. The van der Waals surface area contributed by atoms with Gasteiger partial charge < -0.3 is 18.9 Å². The third-order valence-corrected chi connectivity index (χ3v) is 4.74. The van der Waals surface area contributed by atoms with Gasteiger partial charge in [0.1, 0.15) is 5.75 Å². The molecule has 10 heteroatoms. The lowest BCUT2D eigenvalue weighted by Gasteiger charge is -2.29. The highest BCUT2D eigenvalue weighted by Gasteiger charge is 2.61. The van der Waals surface area contributed by atoms with Crippen LogP contribution in [0, 0.1) is 12.0 Å². The Hall–Kier alpha value is -2.90. The third-order valence-electron chi connectivity index (χ3n) is 4.74. The second-order valence-electron chi connectivity index (χ2n) is 7.05. The van der Waals surface area contributed by atoms with E-state index in [1.54, 1.807) is 47.4 Å². The SMILES string of the molecule is CCC#CN1CC(C(=O)OCC)=CN1Cc1ccc(OCC2(C(F)(F)F)OCCO2)cc1. The molecule has 0 N–H and O–H groups in total. The zero-order chi connectivity index (χ0) is 23.2. The summed E-state index contributed by atoms with van der Waals surface area (Å²) in [7, 11) is 0. The number of carbonyl (C=O) groups excluding carboxylic acids is 1. The smallest absolute Gasteiger partial charge is 0.447 e. The number of esters is 1. The number of hydrogen-bond donors (Lipinski definition) is 0. The minimum atomic E-state index is -4.70. The van der Waals surface area contributed by atoms with E-state index in [2.05, 4.69) is 12.0 Å². The molecule has 0 aromatic heterocycles. The predicted molar refractivity (Wildman–Crippen MR) is 108 cm³/mol. The number of alkyl halides is 3. The van der Waals surface area contributed by atoms with Crippen molar-refractivity contribution in [2.45, 2.75) is 38.8 Å². The predicted octanol–water partition coefficient (Wildman–Crippen LogP) is 3.22. The first-order valence-electron chi connectivity index (χ1n) is 10.2. The molecule has 2 aliphatic rings. The first kappa shape index (κ1) is 23.8. The van der Waals surface area contributed by atoms with E-state index in [-0.39, 0.29) is 25.6 Å². The lowest BCUT2D eigenvalue weighted by molar-refractivity contribution is -0.350. The molecule has 1 aromatic carbocycles. The monoisotopic (exact) mass is 454 g/mol. The van der Waals surface area contributed by atoms with E-state index in [0.717, 1.165) is 5.56 Å². The molecular weight excluding hydrogens is 429 g/mol. The Balaban J connectivity index is 1.65. The maximum atomic E-state index is 13.3. The molecule has 0 bridgehead atoms. The van der Waals surface area contributed by atoms with Gasteiger partial charge in [0.05, 0.1) is 38.5 Å². The quantitative estimate of drug-likeness (QED) is 0.463. The van der Waals surface area contributed by atoms with Crippen LogP contribution in [0.4, 0.5) is 13.2 Å². The molecule has 1 aromatic rings. The number of rotatable bonds is 7. The summed E-state index contributed by atoms with van der Waals surface area (Å²) in [5.74, 6) is 0.0982. The zero-order valence-electron chi connectivity index (χ0n) is 17.9. The van der Waals surface area contributed by atoms with Crippen molar-refractivity contribution >= 4 is 5.97 Å². The van der Waals surface area contributed by atoms with Gasteiger partial charge in [-0.15, -0.1) is 0 Å². The molecule has 0 atom stereocenters. The average molecular weight is 454 g/mol. The number of hydrogen-bond acceptors (Lipinski definition) is 7. The Labute approximate surface area is 184 Å². The van der Waals surface area contributed by atoms with Gasteiger partial charge in [0.2, 0.25) is 0 Å². The Morgan fingerprint density at radius 1 is 1.19 bits per heavy atom. The molecule has 174 valence electrons. The van der Waals surface area contributed by atoms with E-state index in [4.69, 9.17) is 18.9 Å². The van der Waals surface area contributed by atoms with Crippen LogP contribution in [0.1, 0.15) is 25.8 Å². The summed E-state index contributed by atoms with van der Waals surface area (Å²) in [5.41, 5.74) is 1.34. The van der Waals surface area contributed by atoms with Crippen molar-refractivity contribution in [2.24, 2.45) is 0 Å². The average Bonchev–Trinajstić information content (AvgIpc) is 3.40. The number of benzene rings is 1. The van der Waals surface area contributed by atoms with Crippen LogP contribution in [-0.4, -0.2) is 60.9 Å². The van der Waals surface area contributed by atoms with Crippen LogP contribution in [0.15, 0.2) is 36.0 Å². The molecule has 0 spiro atoms. The van der Waals surface area contributed by atoms with Gasteiger partial charge in [-0.1, -0.05) is 25.0 Å². The maximum Gasteiger partial charge on any atom is 0.447 e. The van der Waals surface area contributed by atoms with Crippen molar-refractivity contribution in [3.05, 3.63) is 41.6 Å². The number of hydrazine groups is 1. The fourth-order valence-electron chi connectivity index (χ4n) is 3.13. The van der Waals surface area contributed by atoms with E-state index in [1.807, 2.05) is 6.92 Å². The summed E-state index contributed by atoms with van der Waals surface area (Å²) in [5, 5.41) is 3.52. The summed E-state index contributed by atoms with van der Waals surface area (Å²) in [6.45, 7) is 3.58. The Morgan fingerprint density at radius 3 is 2.47 bits per heavy atom. The summed E-state index contributed by atoms with van der Waals surface area (Å²) < 4.78 is 59.8. The number of ether oxygens (including phenoxy) is 4. The first-order valence-corrected chi connectivity index (χ1v) is 10.2. The number of nitrogens with zero attached hydrogens (tertiary/aromatic N) is 2. The van der Waals surface area contributed by atoms with Gasteiger partial charge in [0, 0.05) is 18.7 Å². The van der Waals surface area contributed by atoms with Gasteiger partial charge in [0.25, 0.3) is 0 Å². The lowest BCUT2D eigenvalue weighted by Crippen LogP contribution is -2.51. The highest BCUT2D eigenvalue weighted by Crippen LogP contribution is 2.38. The standard InChI is InChI=1S/C22H25F3N2O5/c1-3-5-10-26-14-18(20(28)29-4-2)15-27(26)13-17-6-8-19(9-7-17)30-16-21(22(23,24)25)31-11-12-32-21/h6-9,15H,3-4,11-14,16H2,1-2H3. The Bertz CT molecular complexity index is 884. The second kappa shape index (κ2) is 10.1. The van der Waals surface area contributed by atoms with Crippen LogP contribution in [0.2, 0.25) is 0 Å². The normalized spacial score (nSPS) is 17.6. The third kappa shape index (κ3) is 5.47. The van der Waals surface area contributed by atoms with E-state index in [0.29, 0.717) is 25.1 Å². The van der Waals surface area contributed by atoms with Crippen molar-refractivity contribution in [3.63, 3.8) is 0 Å². The zero-order valence-corrected chi connectivity index (χ0v) is 17.9. The maximum absolute atomic E-state index is 13.3. The van der Waals surface area contributed by atoms with Crippen molar-refractivity contribution in [1.29, 1.82) is 0 Å². The summed E-state index contributed by atoms with van der Waals surface area (Å²) in [4.78, 5) is 12.1. The molecule has 2 aliphatic heterocycles. The molecule has 2 heterocycles. The van der Waals surface area contributed by atoms with E-state index < -0.39 is 24.5 Å². The van der Waals surface area contributed by atoms with Crippen LogP contribution >= 0.6 is 0 Å². The molecule has 3 rings (SSSR count). The van der Waals surface area contributed by atoms with Crippen molar-refractivity contribution in [3.8, 4) is 17.7 Å². The molecular formula is C22H25F3N2O5. The van der Waals surface area contributed by atoms with Crippen LogP contribution < -0.4 is 4.74 Å². The molecule has 1 fully saturated rings. The fraction of sp³-hybridized carbons (Fsp3) is 0.500. The molecule has 32 heavy (non-hydrogen) atoms. The Morgan fingerprint density at radius 2 is 1.88 bits per heavy atom. The summed E-state index contributed by atoms with van der Waals surface area (Å²) >= 11 is 0. The van der Waals surface area contributed by atoms with E-state index in [9.17, 15) is 18.0 Å². The largest absolute Gasteiger partial charge is 0.488 e. The van der Waals surface area contributed by atoms with Crippen LogP contribution in [0.5, 0.6) is 5.75 Å². The second-order valence-corrected chi connectivity index (χ2v) is 7.05. The number of halogens is 3. The van der Waals surface area contributed by atoms with Crippen LogP contribution in [0.25, 0.3) is 0 Å². The van der Waals surface area contributed by atoms with Crippen molar-refractivity contribution < 1.29 is 36.9 Å². The van der Waals surface area contributed by atoms with Gasteiger partial charge in [-0.2, -0.15) is 13.2 Å². The van der Waals surface area contributed by atoms with Gasteiger partial charge in [0.15, 0.2) is 6.61 Å². The topological polar surface area (TPSA) is 60.5 Å². The molecule has 0 saturated carbocycles. The number of carbonyl (C=O) groups is 1. The fourth-order valence-corrected chi connectivity index (χ4v) is 3.13. The highest BCUT2D eigenvalue weighted by atomic mass is 19.4. The lowest BCUT2D eigenvalue weighted by atomic mass is 10.2. The summed E-state index contributed by atoms with van der Waals surface area (Å²) in [6, 6.07) is 9.60.